The zero-order valence-electron chi connectivity index (χ0n) is 12.0. The molecule has 1 N–H and O–H groups in total. The summed E-state index contributed by atoms with van der Waals surface area (Å²) in [7, 11) is 0. The van der Waals surface area contributed by atoms with Gasteiger partial charge < -0.3 is 10.1 Å². The second kappa shape index (κ2) is 8.00. The van der Waals surface area contributed by atoms with E-state index in [1.54, 1.807) is 13.8 Å². The zero-order valence-corrected chi connectivity index (χ0v) is 12.0. The van der Waals surface area contributed by atoms with Gasteiger partial charge >= 0.3 is 5.97 Å². The molecule has 0 radical (unpaired) electrons. The molecular formula is C16H19NO3. The molecule has 0 bridgehead atoms. The molecule has 0 aliphatic carbocycles. The molecule has 0 aliphatic rings. The molecule has 1 aromatic carbocycles. The van der Waals surface area contributed by atoms with Crippen LogP contribution in [0.2, 0.25) is 0 Å². The van der Waals surface area contributed by atoms with Crippen LogP contribution in [0.3, 0.4) is 0 Å². The van der Waals surface area contributed by atoms with Crippen molar-refractivity contribution < 1.29 is 14.3 Å². The van der Waals surface area contributed by atoms with Crippen LogP contribution in [-0.2, 0) is 14.3 Å². The number of esters is 1. The third kappa shape index (κ3) is 4.43. The van der Waals surface area contributed by atoms with Gasteiger partial charge in [0.2, 0.25) is 5.91 Å². The number of nitrogens with one attached hydrogen (secondary N) is 1. The maximum absolute atomic E-state index is 12.1. The molecule has 106 valence electrons. The summed E-state index contributed by atoms with van der Waals surface area (Å²) < 4.78 is 5.03. The second-order valence-corrected chi connectivity index (χ2v) is 4.21. The molecule has 0 unspecified atom stereocenters. The smallest absolute Gasteiger partial charge is 0.330 e. The Morgan fingerprint density at radius 1 is 1.30 bits per heavy atom. The Morgan fingerprint density at radius 2 is 1.95 bits per heavy atom. The number of rotatable bonds is 5. The second-order valence-electron chi connectivity index (χ2n) is 4.21. The van der Waals surface area contributed by atoms with Crippen molar-refractivity contribution in [2.45, 2.75) is 32.7 Å². The Labute approximate surface area is 119 Å². The van der Waals surface area contributed by atoms with Gasteiger partial charge in [-0.15, -0.1) is 5.92 Å². The molecule has 0 spiro atoms. The summed E-state index contributed by atoms with van der Waals surface area (Å²) in [5.41, 5.74) is 0.869. The number of carbonyl (C=O) groups excluding carboxylic acids is 2. The van der Waals surface area contributed by atoms with Crippen molar-refractivity contribution in [1.29, 1.82) is 0 Å². The monoisotopic (exact) mass is 273 g/mol. The van der Waals surface area contributed by atoms with E-state index >= 15 is 0 Å². The van der Waals surface area contributed by atoms with Crippen molar-refractivity contribution in [3.05, 3.63) is 35.9 Å². The lowest BCUT2D eigenvalue weighted by atomic mass is 9.91. The molecule has 4 nitrogen and oxygen atoms in total. The Balaban J connectivity index is 3.13. The third-order valence-corrected chi connectivity index (χ3v) is 2.69. The highest BCUT2D eigenvalue weighted by Gasteiger charge is 2.30. The van der Waals surface area contributed by atoms with Gasteiger partial charge in [0.25, 0.3) is 0 Å². The van der Waals surface area contributed by atoms with E-state index in [0.29, 0.717) is 0 Å². The van der Waals surface area contributed by atoms with Gasteiger partial charge in [0.1, 0.15) is 6.04 Å². The lowest BCUT2D eigenvalue weighted by Crippen LogP contribution is -2.44. The molecule has 1 amide bonds. The van der Waals surface area contributed by atoms with E-state index < -0.39 is 17.9 Å². The normalized spacial score (nSPS) is 12.6. The first kappa shape index (κ1) is 15.8. The van der Waals surface area contributed by atoms with Gasteiger partial charge in [-0.25, -0.2) is 4.79 Å². The van der Waals surface area contributed by atoms with Crippen LogP contribution in [0.1, 0.15) is 32.3 Å². The molecule has 0 fully saturated rings. The summed E-state index contributed by atoms with van der Waals surface area (Å²) >= 11 is 0. The lowest BCUT2D eigenvalue weighted by molar-refractivity contribution is -0.147. The average molecular weight is 273 g/mol. The van der Waals surface area contributed by atoms with Gasteiger partial charge in [-0.3, -0.25) is 4.79 Å². The van der Waals surface area contributed by atoms with Crippen LogP contribution in [0, 0.1) is 11.8 Å². The molecule has 0 aliphatic heterocycles. The summed E-state index contributed by atoms with van der Waals surface area (Å²) in [5, 5.41) is 2.63. The fraction of sp³-hybridized carbons (Fsp3) is 0.375. The van der Waals surface area contributed by atoms with Crippen molar-refractivity contribution >= 4 is 11.9 Å². The van der Waals surface area contributed by atoms with Crippen molar-refractivity contribution in [2.24, 2.45) is 0 Å². The molecule has 1 rings (SSSR count). The summed E-state index contributed by atoms with van der Waals surface area (Å²) in [6.07, 6.45) is 0. The Morgan fingerprint density at radius 3 is 2.45 bits per heavy atom. The van der Waals surface area contributed by atoms with Crippen molar-refractivity contribution in [3.63, 3.8) is 0 Å². The maximum atomic E-state index is 12.1. The highest BCUT2D eigenvalue weighted by molar-refractivity contribution is 5.84. The fourth-order valence-corrected chi connectivity index (χ4v) is 1.90. The van der Waals surface area contributed by atoms with Crippen LogP contribution in [-0.4, -0.2) is 24.5 Å². The molecule has 0 heterocycles. The van der Waals surface area contributed by atoms with E-state index in [1.807, 2.05) is 30.3 Å². The van der Waals surface area contributed by atoms with E-state index in [0.717, 1.165) is 5.56 Å². The standard InChI is InChI=1S/C16H19NO3/c1-4-9-14(13-10-7-6-8-11-13)15(17-12(3)18)16(19)20-5-2/h6-8,10-11,14-15H,5H2,1-3H3,(H,17,18)/t14-,15+/m1/s1. The quantitative estimate of drug-likeness (QED) is 0.658. The minimum atomic E-state index is -0.803. The van der Waals surface area contributed by atoms with Crippen molar-refractivity contribution in [1.82, 2.24) is 5.32 Å². The highest BCUT2D eigenvalue weighted by Crippen LogP contribution is 2.20. The molecule has 2 atom stereocenters. The van der Waals surface area contributed by atoms with E-state index in [4.69, 9.17) is 4.74 Å². The predicted molar refractivity (Wildman–Crippen MR) is 76.9 cm³/mol. The number of hydrogen-bond acceptors (Lipinski definition) is 3. The largest absolute Gasteiger partial charge is 0.464 e. The Hall–Kier alpha value is -2.28. The van der Waals surface area contributed by atoms with Crippen LogP contribution in [0.15, 0.2) is 30.3 Å². The Kier molecular flexibility index (Phi) is 6.31. The minimum absolute atomic E-state index is 0.260. The summed E-state index contributed by atoms with van der Waals surface area (Å²) in [4.78, 5) is 23.4. The highest BCUT2D eigenvalue weighted by atomic mass is 16.5. The number of amides is 1. The lowest BCUT2D eigenvalue weighted by Gasteiger charge is -2.22. The molecule has 20 heavy (non-hydrogen) atoms. The van der Waals surface area contributed by atoms with Gasteiger partial charge in [0.05, 0.1) is 12.5 Å². The van der Waals surface area contributed by atoms with E-state index in [9.17, 15) is 9.59 Å². The molecular weight excluding hydrogens is 254 g/mol. The summed E-state index contributed by atoms with van der Waals surface area (Å²) in [6.45, 7) is 5.06. The van der Waals surface area contributed by atoms with Gasteiger partial charge in [-0.2, -0.15) is 0 Å². The summed E-state index contributed by atoms with van der Waals surface area (Å²) in [6, 6.07) is 8.58. The topological polar surface area (TPSA) is 55.4 Å². The maximum Gasteiger partial charge on any atom is 0.330 e. The first-order valence-corrected chi connectivity index (χ1v) is 6.51. The van der Waals surface area contributed by atoms with Crippen molar-refractivity contribution in [2.75, 3.05) is 6.61 Å². The van der Waals surface area contributed by atoms with Crippen LogP contribution >= 0.6 is 0 Å². The Bertz CT molecular complexity index is 514. The molecule has 1 aromatic rings. The molecule has 0 saturated carbocycles. The minimum Gasteiger partial charge on any atom is -0.464 e. The fourth-order valence-electron chi connectivity index (χ4n) is 1.90. The first-order valence-electron chi connectivity index (χ1n) is 6.51. The number of carbonyl (C=O) groups is 2. The van der Waals surface area contributed by atoms with E-state index in [2.05, 4.69) is 17.2 Å². The van der Waals surface area contributed by atoms with Gasteiger partial charge in [-0.05, 0) is 19.4 Å². The van der Waals surface area contributed by atoms with E-state index in [-0.39, 0.29) is 12.5 Å². The molecule has 4 heteroatoms. The third-order valence-electron chi connectivity index (χ3n) is 2.69. The van der Waals surface area contributed by atoms with Crippen LogP contribution in [0.4, 0.5) is 0 Å². The predicted octanol–water partition coefficient (Wildman–Crippen LogP) is 1.86. The zero-order chi connectivity index (χ0) is 15.0. The average Bonchev–Trinajstić information content (AvgIpc) is 2.43. The van der Waals surface area contributed by atoms with Crippen LogP contribution in [0.25, 0.3) is 0 Å². The van der Waals surface area contributed by atoms with E-state index in [1.165, 1.54) is 6.92 Å². The summed E-state index contributed by atoms with van der Waals surface area (Å²) in [5.74, 6) is 4.60. The first-order chi connectivity index (χ1) is 9.60. The van der Waals surface area contributed by atoms with Gasteiger partial charge in [-0.1, -0.05) is 36.3 Å². The number of benzene rings is 1. The van der Waals surface area contributed by atoms with Crippen LogP contribution in [0.5, 0.6) is 0 Å². The molecule has 0 saturated heterocycles. The SMILES string of the molecule is CC#C[C@H](c1ccccc1)[C@H](NC(C)=O)C(=O)OCC. The van der Waals surface area contributed by atoms with Crippen molar-refractivity contribution in [3.8, 4) is 11.8 Å². The number of hydrogen-bond donors (Lipinski definition) is 1. The molecule has 0 aromatic heterocycles. The van der Waals surface area contributed by atoms with Crippen LogP contribution < -0.4 is 5.32 Å². The van der Waals surface area contributed by atoms with Gasteiger partial charge in [0, 0.05) is 6.92 Å². The van der Waals surface area contributed by atoms with Gasteiger partial charge in [0.15, 0.2) is 0 Å². The number of ether oxygens (including phenoxy) is 1.